The highest BCUT2D eigenvalue weighted by molar-refractivity contribution is 7.81. The third kappa shape index (κ3) is 6.42. The first kappa shape index (κ1) is 34.9. The van der Waals surface area contributed by atoms with Gasteiger partial charge in [-0.2, -0.15) is 8.42 Å². The lowest BCUT2D eigenvalue weighted by atomic mass is 9.40. The minimum absolute atomic E-state index is 0.00902. The van der Waals surface area contributed by atoms with Gasteiger partial charge in [0.05, 0.1) is 22.9 Å². The summed E-state index contributed by atoms with van der Waals surface area (Å²) >= 11 is 0. The summed E-state index contributed by atoms with van der Waals surface area (Å²) in [5.74, 6) is 0.371. The lowest BCUT2D eigenvalue weighted by Gasteiger charge is -2.66. The van der Waals surface area contributed by atoms with E-state index in [0.717, 1.165) is 64.2 Å². The molecule has 1 heterocycles. The second-order valence-electron chi connectivity index (χ2n) is 17.2. The van der Waals surface area contributed by atoms with Gasteiger partial charge in [-0.3, -0.25) is 4.55 Å². The Labute approximate surface area is 271 Å². The zero-order valence-corrected chi connectivity index (χ0v) is 29.4. The summed E-state index contributed by atoms with van der Waals surface area (Å²) in [5, 5.41) is 35.3. The molecule has 1 aromatic carbocycles. The molecule has 0 spiro atoms. The first-order valence-electron chi connectivity index (χ1n) is 17.3. The van der Waals surface area contributed by atoms with Gasteiger partial charge in [0, 0.05) is 5.41 Å². The molecule has 1 aliphatic heterocycles. The molecule has 0 radical (unpaired) electrons. The normalized spacial score (nSPS) is 40.8. The molecule has 1 saturated heterocycles. The van der Waals surface area contributed by atoms with E-state index < -0.39 is 21.6 Å². The average molecular weight is 651 g/mol. The lowest BCUT2D eigenvalue weighted by molar-refractivity contribution is -0.230. The highest BCUT2D eigenvalue weighted by Gasteiger charge is 2.64. The van der Waals surface area contributed by atoms with Crippen LogP contribution < -0.4 is 4.18 Å². The highest BCUT2D eigenvalue weighted by atomic mass is 32.3. The predicted octanol–water partition coefficient (Wildman–Crippen LogP) is 7.39. The highest BCUT2D eigenvalue weighted by Crippen LogP contribution is 2.67. The predicted molar refractivity (Wildman–Crippen MR) is 174 cm³/mol. The zero-order valence-electron chi connectivity index (χ0n) is 28.6. The number of fused-ring (bicyclic) bond motifs is 4. The van der Waals surface area contributed by atoms with Crippen LogP contribution in [0, 0.1) is 34.0 Å². The molecule has 9 heteroatoms. The van der Waals surface area contributed by atoms with Crippen LogP contribution in [-0.4, -0.2) is 51.2 Å². The lowest BCUT2D eigenvalue weighted by Crippen LogP contribution is -2.64. The molecule has 256 valence electrons. The van der Waals surface area contributed by atoms with E-state index >= 15 is 0 Å². The molecule has 4 aliphatic carbocycles. The number of phenols is 1. The third-order valence-corrected chi connectivity index (χ3v) is 13.8. The van der Waals surface area contributed by atoms with Crippen molar-refractivity contribution in [3.8, 4) is 11.5 Å². The van der Waals surface area contributed by atoms with E-state index in [1.54, 1.807) is 0 Å². The van der Waals surface area contributed by atoms with Gasteiger partial charge < -0.3 is 24.2 Å². The molecular weight excluding hydrogens is 592 g/mol. The maximum Gasteiger partial charge on any atom is 0.446 e. The molecule has 0 aromatic heterocycles. The van der Waals surface area contributed by atoms with Crippen LogP contribution in [0.25, 0.3) is 0 Å². The van der Waals surface area contributed by atoms with Crippen LogP contribution in [0.4, 0.5) is 0 Å². The van der Waals surface area contributed by atoms with Gasteiger partial charge in [0.2, 0.25) is 0 Å². The monoisotopic (exact) mass is 650 g/mol. The fraction of sp³-hybridized carbons (Fsp3) is 0.833. The SMILES string of the molecule is C[C@H]1CC[C@@H]2OC(C)(C)CCCC2(C)[C@]1(O)CCCCC1(C)CC2(O)CCC1C(C)(C)C2Cc1cc(OS(=O)(=O)O)ccc1O. The van der Waals surface area contributed by atoms with Crippen molar-refractivity contribution in [2.24, 2.45) is 34.0 Å². The van der Waals surface area contributed by atoms with E-state index in [1.165, 1.54) is 18.2 Å². The summed E-state index contributed by atoms with van der Waals surface area (Å²) in [5.41, 5.74) is -1.92. The Kier molecular flexibility index (Phi) is 9.04. The van der Waals surface area contributed by atoms with Crippen LogP contribution in [0.2, 0.25) is 0 Å². The van der Waals surface area contributed by atoms with E-state index in [4.69, 9.17) is 9.29 Å². The Morgan fingerprint density at radius 1 is 0.956 bits per heavy atom. The van der Waals surface area contributed by atoms with E-state index in [-0.39, 0.29) is 51.3 Å². The van der Waals surface area contributed by atoms with E-state index in [1.807, 2.05) is 0 Å². The van der Waals surface area contributed by atoms with Crippen molar-refractivity contribution in [2.45, 2.75) is 155 Å². The molecular formula is C36H58O8S. The number of benzene rings is 1. The molecule has 0 amide bonds. The molecule has 8 atom stereocenters. The number of rotatable bonds is 9. The van der Waals surface area contributed by atoms with Crippen molar-refractivity contribution in [3.05, 3.63) is 23.8 Å². The van der Waals surface area contributed by atoms with Gasteiger partial charge >= 0.3 is 10.4 Å². The number of phenolic OH excluding ortho intramolecular Hbond substituents is 1. The molecule has 6 rings (SSSR count). The smallest absolute Gasteiger partial charge is 0.446 e. The van der Waals surface area contributed by atoms with Crippen LogP contribution >= 0.6 is 0 Å². The van der Waals surface area contributed by atoms with Crippen LogP contribution in [-0.2, 0) is 21.6 Å². The summed E-state index contributed by atoms with van der Waals surface area (Å²) < 4.78 is 43.0. The Hall–Kier alpha value is -1.39. The minimum atomic E-state index is -4.69. The van der Waals surface area contributed by atoms with Crippen molar-refractivity contribution in [3.63, 3.8) is 0 Å². The number of hydrogen-bond donors (Lipinski definition) is 4. The first-order chi connectivity index (χ1) is 20.6. The molecule has 2 bridgehead atoms. The topological polar surface area (TPSA) is 134 Å². The number of ether oxygens (including phenoxy) is 1. The Morgan fingerprint density at radius 2 is 1.64 bits per heavy atom. The van der Waals surface area contributed by atoms with Gasteiger partial charge in [-0.1, -0.05) is 47.5 Å². The first-order valence-corrected chi connectivity index (χ1v) is 18.6. The number of aromatic hydroxyl groups is 1. The van der Waals surface area contributed by atoms with Crippen LogP contribution in [0.15, 0.2) is 18.2 Å². The Bertz CT molecular complexity index is 1350. The van der Waals surface area contributed by atoms with Gasteiger partial charge in [-0.15, -0.1) is 0 Å². The fourth-order valence-electron chi connectivity index (χ4n) is 11.1. The van der Waals surface area contributed by atoms with E-state index in [0.29, 0.717) is 30.7 Å². The summed E-state index contributed by atoms with van der Waals surface area (Å²) in [4.78, 5) is 0. The Balaban J connectivity index is 1.28. The second kappa shape index (κ2) is 11.6. The standard InChI is InChI=1S/C36H58O8S/c1-24-11-14-30-34(7,18-10-16-31(2,3)43-30)36(24,39)19-9-8-17-33(6)23-35(38)20-15-28(33)32(4,5)29(35)22-25-21-26(12-13-27(25)37)44-45(40,41)42/h12-13,21,24,28-30,37-39H,8-11,14-20,22-23H2,1-7H3,(H,40,41,42)/t24-,28?,29?,30-,33?,34?,35?,36-/m0/s1. The summed E-state index contributed by atoms with van der Waals surface area (Å²) in [6.07, 6.45) is 11.5. The fourth-order valence-corrected chi connectivity index (χ4v) is 11.5. The third-order valence-electron chi connectivity index (χ3n) is 13.4. The molecule has 4 N–H and O–H groups in total. The summed E-state index contributed by atoms with van der Waals surface area (Å²) in [6.45, 7) is 15.6. The van der Waals surface area contributed by atoms with Crippen molar-refractivity contribution in [1.82, 2.24) is 0 Å². The molecule has 5 fully saturated rings. The quantitative estimate of drug-likeness (QED) is 0.161. The molecule has 4 saturated carbocycles. The largest absolute Gasteiger partial charge is 0.508 e. The van der Waals surface area contributed by atoms with Crippen molar-refractivity contribution in [1.29, 1.82) is 0 Å². The van der Waals surface area contributed by atoms with Gasteiger partial charge in [0.1, 0.15) is 11.5 Å². The van der Waals surface area contributed by atoms with Crippen LogP contribution in [0.3, 0.4) is 0 Å². The minimum Gasteiger partial charge on any atom is -0.508 e. The molecule has 1 aromatic rings. The average Bonchev–Trinajstić information content (AvgIpc) is 3.02. The van der Waals surface area contributed by atoms with Gasteiger partial charge in [-0.05, 0) is 137 Å². The summed E-state index contributed by atoms with van der Waals surface area (Å²) in [7, 11) is -4.69. The number of hydrogen-bond acceptors (Lipinski definition) is 7. The van der Waals surface area contributed by atoms with E-state index in [9.17, 15) is 23.7 Å². The number of unbranched alkanes of at least 4 members (excludes halogenated alkanes) is 1. The molecule has 5 aliphatic rings. The van der Waals surface area contributed by atoms with Gasteiger partial charge in [0.15, 0.2) is 0 Å². The summed E-state index contributed by atoms with van der Waals surface area (Å²) in [6, 6.07) is 4.10. The maximum atomic E-state index is 12.4. The number of aliphatic hydroxyl groups is 2. The van der Waals surface area contributed by atoms with Crippen LogP contribution in [0.5, 0.6) is 11.5 Å². The van der Waals surface area contributed by atoms with E-state index in [2.05, 4.69) is 52.6 Å². The maximum absolute atomic E-state index is 12.4. The van der Waals surface area contributed by atoms with Gasteiger partial charge in [-0.25, -0.2) is 0 Å². The van der Waals surface area contributed by atoms with Crippen molar-refractivity contribution in [2.75, 3.05) is 0 Å². The van der Waals surface area contributed by atoms with Crippen molar-refractivity contribution >= 4 is 10.4 Å². The molecule has 5 unspecified atom stereocenters. The molecule has 8 nitrogen and oxygen atoms in total. The van der Waals surface area contributed by atoms with Crippen molar-refractivity contribution < 1.29 is 37.2 Å². The van der Waals surface area contributed by atoms with Gasteiger partial charge in [0.25, 0.3) is 0 Å². The Morgan fingerprint density at radius 3 is 2.31 bits per heavy atom. The zero-order chi connectivity index (χ0) is 33.3. The van der Waals surface area contributed by atoms with Crippen LogP contribution in [0.1, 0.15) is 131 Å². The molecule has 45 heavy (non-hydrogen) atoms. The second-order valence-corrected chi connectivity index (χ2v) is 18.2.